The lowest BCUT2D eigenvalue weighted by Crippen LogP contribution is -2.34. The van der Waals surface area contributed by atoms with Crippen molar-refractivity contribution in [1.82, 2.24) is 4.90 Å². The van der Waals surface area contributed by atoms with Crippen molar-refractivity contribution in [2.45, 2.75) is 25.9 Å². The molecule has 0 bridgehead atoms. The fourth-order valence-corrected chi connectivity index (χ4v) is 1.51. The number of aliphatic hydroxyl groups is 1. The van der Waals surface area contributed by atoms with Crippen LogP contribution in [0.15, 0.2) is 0 Å². The Bertz CT molecular complexity index is 95.4. The van der Waals surface area contributed by atoms with E-state index >= 15 is 0 Å². The van der Waals surface area contributed by atoms with Crippen molar-refractivity contribution >= 4 is 0 Å². The van der Waals surface area contributed by atoms with Crippen molar-refractivity contribution in [3.63, 3.8) is 0 Å². The summed E-state index contributed by atoms with van der Waals surface area (Å²) in [5.41, 5.74) is 0. The molecule has 1 saturated heterocycles. The molecule has 0 aliphatic carbocycles. The molecule has 10 heavy (non-hydrogen) atoms. The maximum Gasteiger partial charge on any atom is 0.0541 e. The van der Waals surface area contributed by atoms with Crippen molar-refractivity contribution in [1.29, 1.82) is 0 Å². The van der Waals surface area contributed by atoms with Gasteiger partial charge in [0.25, 0.3) is 0 Å². The second-order valence-corrected chi connectivity index (χ2v) is 3.38. The van der Waals surface area contributed by atoms with Gasteiger partial charge in [-0.1, -0.05) is 0 Å². The number of hydrogen-bond acceptors (Lipinski definition) is 2. The van der Waals surface area contributed by atoms with Gasteiger partial charge in [-0.2, -0.15) is 0 Å². The van der Waals surface area contributed by atoms with Crippen molar-refractivity contribution in [2.24, 2.45) is 5.92 Å². The maximum absolute atomic E-state index is 9.24. The van der Waals surface area contributed by atoms with Crippen molar-refractivity contribution < 1.29 is 5.11 Å². The fraction of sp³-hybridized carbons (Fsp3) is 1.00. The number of aliphatic hydroxyl groups excluding tert-OH is 1. The zero-order valence-corrected chi connectivity index (χ0v) is 6.88. The lowest BCUT2D eigenvalue weighted by molar-refractivity contribution is 0.0798. The molecule has 1 rings (SSSR count). The minimum atomic E-state index is -0.103. The molecular weight excluding hydrogens is 126 g/mol. The van der Waals surface area contributed by atoms with Crippen molar-refractivity contribution in [3.8, 4) is 0 Å². The van der Waals surface area contributed by atoms with Gasteiger partial charge in [0.1, 0.15) is 0 Å². The first kappa shape index (κ1) is 8.02. The van der Waals surface area contributed by atoms with Crippen LogP contribution >= 0.6 is 0 Å². The minimum Gasteiger partial charge on any atom is -0.393 e. The molecule has 1 unspecified atom stereocenters. The molecule has 1 N–H and O–H groups in total. The van der Waals surface area contributed by atoms with E-state index in [1.165, 1.54) is 0 Å². The summed E-state index contributed by atoms with van der Waals surface area (Å²) < 4.78 is 0. The van der Waals surface area contributed by atoms with Crippen LogP contribution in [0.1, 0.15) is 19.8 Å². The predicted octanol–water partition coefficient (Wildman–Crippen LogP) is 0.709. The molecule has 2 heteroatoms. The number of rotatable bonds is 1. The molecule has 0 aromatic carbocycles. The van der Waals surface area contributed by atoms with E-state index in [2.05, 4.69) is 11.9 Å². The van der Waals surface area contributed by atoms with Crippen LogP contribution in [0.25, 0.3) is 0 Å². The van der Waals surface area contributed by atoms with E-state index in [1.807, 2.05) is 6.92 Å². The molecular formula is C8H17NO. The molecule has 0 spiro atoms. The topological polar surface area (TPSA) is 23.5 Å². The van der Waals surface area contributed by atoms with Gasteiger partial charge in [0.2, 0.25) is 0 Å². The van der Waals surface area contributed by atoms with E-state index in [9.17, 15) is 5.11 Å². The van der Waals surface area contributed by atoms with Gasteiger partial charge in [-0.25, -0.2) is 0 Å². The molecule has 0 aromatic rings. The van der Waals surface area contributed by atoms with Crippen LogP contribution in [0.3, 0.4) is 0 Å². The first-order valence-corrected chi connectivity index (χ1v) is 4.07. The molecule has 0 amide bonds. The predicted molar refractivity (Wildman–Crippen MR) is 41.9 cm³/mol. The summed E-state index contributed by atoms with van der Waals surface area (Å²) in [6.07, 6.45) is 2.22. The highest BCUT2D eigenvalue weighted by Crippen LogP contribution is 2.18. The van der Waals surface area contributed by atoms with Crippen LogP contribution in [0.2, 0.25) is 0 Å². The summed E-state index contributed by atoms with van der Waals surface area (Å²) in [5.74, 6) is 0.552. The summed E-state index contributed by atoms with van der Waals surface area (Å²) in [7, 11) is 2.14. The number of likely N-dealkylation sites (tertiary alicyclic amines) is 1. The second-order valence-electron chi connectivity index (χ2n) is 3.38. The normalized spacial score (nSPS) is 26.7. The van der Waals surface area contributed by atoms with Gasteiger partial charge in [-0.05, 0) is 45.8 Å². The highest BCUT2D eigenvalue weighted by Gasteiger charge is 2.19. The first-order valence-electron chi connectivity index (χ1n) is 4.07. The Hall–Kier alpha value is -0.0800. The standard InChI is InChI=1S/C8H17NO/c1-7(10)8-3-5-9(2)6-4-8/h7-8,10H,3-6H2,1-2H3. The third-order valence-corrected chi connectivity index (χ3v) is 2.45. The summed E-state index contributed by atoms with van der Waals surface area (Å²) in [6, 6.07) is 0. The molecule has 1 atom stereocenters. The molecule has 1 fully saturated rings. The van der Waals surface area contributed by atoms with E-state index in [1.54, 1.807) is 0 Å². The van der Waals surface area contributed by atoms with Gasteiger partial charge in [-0.15, -0.1) is 0 Å². The van der Waals surface area contributed by atoms with Crippen LogP contribution in [-0.4, -0.2) is 36.2 Å². The van der Waals surface area contributed by atoms with E-state index in [0.29, 0.717) is 5.92 Å². The van der Waals surface area contributed by atoms with E-state index in [0.717, 1.165) is 25.9 Å². The molecule has 1 heterocycles. The SMILES string of the molecule is CC(O)C1CCN(C)CC1. The molecule has 1 aliphatic rings. The third kappa shape index (κ3) is 1.96. The molecule has 2 nitrogen and oxygen atoms in total. The molecule has 60 valence electrons. The molecule has 0 radical (unpaired) electrons. The smallest absolute Gasteiger partial charge is 0.0541 e. The summed E-state index contributed by atoms with van der Waals surface area (Å²) in [4.78, 5) is 2.32. The molecule has 0 aromatic heterocycles. The Morgan fingerprint density at radius 1 is 1.40 bits per heavy atom. The van der Waals surface area contributed by atoms with Crippen LogP contribution in [-0.2, 0) is 0 Å². The van der Waals surface area contributed by atoms with Gasteiger partial charge in [0.15, 0.2) is 0 Å². The summed E-state index contributed by atoms with van der Waals surface area (Å²) in [6.45, 7) is 4.20. The number of piperidine rings is 1. The van der Waals surface area contributed by atoms with E-state index in [-0.39, 0.29) is 6.10 Å². The Labute approximate surface area is 62.8 Å². The molecule has 1 aliphatic heterocycles. The maximum atomic E-state index is 9.24. The Morgan fingerprint density at radius 2 is 1.90 bits per heavy atom. The van der Waals surface area contributed by atoms with Crippen LogP contribution in [0.5, 0.6) is 0 Å². The van der Waals surface area contributed by atoms with E-state index < -0.39 is 0 Å². The van der Waals surface area contributed by atoms with Crippen LogP contribution < -0.4 is 0 Å². The largest absolute Gasteiger partial charge is 0.393 e. The lowest BCUT2D eigenvalue weighted by atomic mass is 9.93. The average molecular weight is 143 g/mol. The number of hydrogen-bond donors (Lipinski definition) is 1. The van der Waals surface area contributed by atoms with Gasteiger partial charge in [0, 0.05) is 0 Å². The van der Waals surface area contributed by atoms with Crippen LogP contribution in [0.4, 0.5) is 0 Å². The summed E-state index contributed by atoms with van der Waals surface area (Å²) in [5, 5.41) is 9.24. The number of nitrogens with zero attached hydrogens (tertiary/aromatic N) is 1. The lowest BCUT2D eigenvalue weighted by Gasteiger charge is -2.30. The Morgan fingerprint density at radius 3 is 2.30 bits per heavy atom. The average Bonchev–Trinajstić information content (AvgIpc) is 1.88. The second kappa shape index (κ2) is 3.35. The monoisotopic (exact) mass is 143 g/mol. The van der Waals surface area contributed by atoms with Gasteiger partial charge in [0.05, 0.1) is 6.10 Å². The van der Waals surface area contributed by atoms with Crippen LogP contribution in [0, 0.1) is 5.92 Å². The van der Waals surface area contributed by atoms with Gasteiger partial charge < -0.3 is 10.0 Å². The Kier molecular flexibility index (Phi) is 2.69. The van der Waals surface area contributed by atoms with Gasteiger partial charge >= 0.3 is 0 Å². The summed E-state index contributed by atoms with van der Waals surface area (Å²) >= 11 is 0. The fourth-order valence-electron chi connectivity index (χ4n) is 1.51. The van der Waals surface area contributed by atoms with E-state index in [4.69, 9.17) is 0 Å². The minimum absolute atomic E-state index is 0.103. The quantitative estimate of drug-likeness (QED) is 0.584. The highest BCUT2D eigenvalue weighted by molar-refractivity contribution is 4.73. The zero-order valence-electron chi connectivity index (χ0n) is 6.88. The zero-order chi connectivity index (χ0) is 7.56. The van der Waals surface area contributed by atoms with Gasteiger partial charge in [-0.3, -0.25) is 0 Å². The molecule has 0 saturated carbocycles. The third-order valence-electron chi connectivity index (χ3n) is 2.45. The first-order chi connectivity index (χ1) is 4.70. The van der Waals surface area contributed by atoms with Crippen molar-refractivity contribution in [3.05, 3.63) is 0 Å². The van der Waals surface area contributed by atoms with Crippen molar-refractivity contribution in [2.75, 3.05) is 20.1 Å². The Balaban J connectivity index is 2.26. The highest BCUT2D eigenvalue weighted by atomic mass is 16.3.